The standard InChI is InChI=1S/C22H39N3/c1-6-12-23-13-8-20(9-14-23)24-15-10-21(11-16-24)25-18(4)17(3)22(7-2)19(25)5/h20-22H,5-16H2,1-4H3. The van der Waals surface area contributed by atoms with Gasteiger partial charge in [0.05, 0.1) is 0 Å². The molecule has 0 aliphatic carbocycles. The predicted octanol–water partition coefficient (Wildman–Crippen LogP) is 4.47. The topological polar surface area (TPSA) is 9.72 Å². The Hall–Kier alpha value is -0.800. The van der Waals surface area contributed by atoms with Crippen LogP contribution in [0.4, 0.5) is 0 Å². The number of allylic oxidation sites excluding steroid dienone is 2. The lowest BCUT2D eigenvalue weighted by Crippen LogP contribution is -2.50. The molecule has 0 N–H and O–H groups in total. The van der Waals surface area contributed by atoms with E-state index >= 15 is 0 Å². The summed E-state index contributed by atoms with van der Waals surface area (Å²) < 4.78 is 0. The third kappa shape index (κ3) is 3.83. The van der Waals surface area contributed by atoms with Crippen molar-refractivity contribution in [2.75, 3.05) is 32.7 Å². The monoisotopic (exact) mass is 345 g/mol. The maximum absolute atomic E-state index is 4.46. The molecular weight excluding hydrogens is 306 g/mol. The quantitative estimate of drug-likeness (QED) is 0.727. The van der Waals surface area contributed by atoms with Crippen molar-refractivity contribution in [2.45, 2.75) is 78.3 Å². The van der Waals surface area contributed by atoms with Crippen molar-refractivity contribution >= 4 is 0 Å². The first-order valence-electron chi connectivity index (χ1n) is 10.7. The van der Waals surface area contributed by atoms with Crippen LogP contribution >= 0.6 is 0 Å². The van der Waals surface area contributed by atoms with Crippen molar-refractivity contribution in [1.29, 1.82) is 0 Å². The van der Waals surface area contributed by atoms with Crippen LogP contribution in [-0.2, 0) is 0 Å². The third-order valence-electron chi connectivity index (χ3n) is 7.05. The zero-order valence-electron chi connectivity index (χ0n) is 17.1. The molecule has 0 spiro atoms. The van der Waals surface area contributed by atoms with Crippen molar-refractivity contribution in [1.82, 2.24) is 14.7 Å². The van der Waals surface area contributed by atoms with Crippen LogP contribution in [0.15, 0.2) is 23.5 Å². The number of nitrogens with zero attached hydrogens (tertiary/aromatic N) is 3. The molecule has 3 heterocycles. The fraction of sp³-hybridized carbons (Fsp3) is 0.818. The second-order valence-corrected chi connectivity index (χ2v) is 8.43. The number of hydrogen-bond donors (Lipinski definition) is 0. The van der Waals surface area contributed by atoms with E-state index in [9.17, 15) is 0 Å². The lowest BCUT2D eigenvalue weighted by Gasteiger charge is -2.44. The van der Waals surface area contributed by atoms with Gasteiger partial charge < -0.3 is 14.7 Å². The largest absolute Gasteiger partial charge is 0.346 e. The van der Waals surface area contributed by atoms with Gasteiger partial charge in [0, 0.05) is 42.5 Å². The molecule has 0 aromatic carbocycles. The lowest BCUT2D eigenvalue weighted by molar-refractivity contribution is 0.0703. The Labute approximate surface area is 155 Å². The Balaban J connectivity index is 1.52. The van der Waals surface area contributed by atoms with E-state index in [2.05, 4.69) is 49.0 Å². The summed E-state index contributed by atoms with van der Waals surface area (Å²) in [5, 5.41) is 0. The summed E-state index contributed by atoms with van der Waals surface area (Å²) in [6, 6.07) is 1.51. The van der Waals surface area contributed by atoms with Crippen LogP contribution in [0.5, 0.6) is 0 Å². The fourth-order valence-corrected chi connectivity index (χ4v) is 5.46. The SMILES string of the molecule is C=C1C(CC)C(C)=C(C)N1C1CCN(C2CCN(CCC)CC2)CC1. The molecule has 0 radical (unpaired) electrons. The van der Waals surface area contributed by atoms with Gasteiger partial charge in [0.2, 0.25) is 0 Å². The first kappa shape index (κ1) is 19.0. The third-order valence-corrected chi connectivity index (χ3v) is 7.05. The number of piperidine rings is 2. The zero-order valence-corrected chi connectivity index (χ0v) is 17.1. The van der Waals surface area contributed by atoms with Gasteiger partial charge in [0.15, 0.2) is 0 Å². The molecule has 3 aliphatic rings. The summed E-state index contributed by atoms with van der Waals surface area (Å²) in [5.74, 6) is 0.584. The number of hydrogen-bond acceptors (Lipinski definition) is 3. The van der Waals surface area contributed by atoms with Crippen LogP contribution in [-0.4, -0.2) is 59.5 Å². The molecule has 3 aliphatic heterocycles. The van der Waals surface area contributed by atoms with E-state index in [1.54, 1.807) is 5.57 Å². The highest BCUT2D eigenvalue weighted by Gasteiger charge is 2.36. The van der Waals surface area contributed by atoms with E-state index < -0.39 is 0 Å². The normalized spacial score (nSPS) is 28.4. The maximum Gasteiger partial charge on any atom is 0.0360 e. The highest BCUT2D eigenvalue weighted by atomic mass is 15.3. The molecule has 3 nitrogen and oxygen atoms in total. The Morgan fingerprint density at radius 2 is 1.52 bits per heavy atom. The minimum absolute atomic E-state index is 0.584. The first-order valence-corrected chi connectivity index (χ1v) is 10.7. The van der Waals surface area contributed by atoms with Crippen LogP contribution in [0.25, 0.3) is 0 Å². The van der Waals surface area contributed by atoms with Crippen LogP contribution in [0, 0.1) is 5.92 Å². The van der Waals surface area contributed by atoms with E-state index in [0.29, 0.717) is 12.0 Å². The first-order chi connectivity index (χ1) is 12.1. The summed E-state index contributed by atoms with van der Waals surface area (Å²) in [4.78, 5) is 8.05. The molecule has 3 heteroatoms. The van der Waals surface area contributed by atoms with Gasteiger partial charge in [-0.2, -0.15) is 0 Å². The Kier molecular flexibility index (Phi) is 6.27. The second-order valence-electron chi connectivity index (χ2n) is 8.43. The molecule has 1 unspecified atom stereocenters. The van der Waals surface area contributed by atoms with Crippen LogP contribution in [0.2, 0.25) is 0 Å². The molecule has 2 saturated heterocycles. The van der Waals surface area contributed by atoms with Gasteiger partial charge >= 0.3 is 0 Å². The van der Waals surface area contributed by atoms with Crippen molar-refractivity contribution in [3.05, 3.63) is 23.5 Å². The molecule has 3 rings (SSSR count). The van der Waals surface area contributed by atoms with Gasteiger partial charge in [-0.3, -0.25) is 0 Å². The van der Waals surface area contributed by atoms with Crippen LogP contribution in [0.3, 0.4) is 0 Å². The fourth-order valence-electron chi connectivity index (χ4n) is 5.46. The van der Waals surface area contributed by atoms with Crippen molar-refractivity contribution in [3.63, 3.8) is 0 Å². The van der Waals surface area contributed by atoms with Gasteiger partial charge in [-0.25, -0.2) is 0 Å². The maximum atomic E-state index is 4.46. The molecule has 25 heavy (non-hydrogen) atoms. The van der Waals surface area contributed by atoms with Gasteiger partial charge in [-0.15, -0.1) is 0 Å². The van der Waals surface area contributed by atoms with Crippen molar-refractivity contribution in [2.24, 2.45) is 5.92 Å². The number of rotatable bonds is 5. The van der Waals surface area contributed by atoms with Gasteiger partial charge in [0.25, 0.3) is 0 Å². The van der Waals surface area contributed by atoms with Gasteiger partial charge in [-0.1, -0.05) is 20.4 Å². The van der Waals surface area contributed by atoms with Crippen molar-refractivity contribution in [3.8, 4) is 0 Å². The predicted molar refractivity (Wildman–Crippen MR) is 107 cm³/mol. The molecule has 0 saturated carbocycles. The van der Waals surface area contributed by atoms with E-state index in [-0.39, 0.29) is 0 Å². The van der Waals surface area contributed by atoms with E-state index in [4.69, 9.17) is 0 Å². The smallest absolute Gasteiger partial charge is 0.0360 e. The molecule has 1 atom stereocenters. The Morgan fingerprint density at radius 1 is 0.920 bits per heavy atom. The number of likely N-dealkylation sites (tertiary alicyclic amines) is 2. The average Bonchev–Trinajstić information content (AvgIpc) is 2.85. The summed E-state index contributed by atoms with van der Waals surface area (Å²) >= 11 is 0. The summed E-state index contributed by atoms with van der Waals surface area (Å²) in [6.07, 6.45) is 7.83. The van der Waals surface area contributed by atoms with E-state index in [1.807, 2.05) is 0 Å². The average molecular weight is 346 g/mol. The molecule has 142 valence electrons. The van der Waals surface area contributed by atoms with E-state index in [1.165, 1.54) is 82.6 Å². The van der Waals surface area contributed by atoms with Crippen LogP contribution in [0.1, 0.15) is 66.2 Å². The molecule has 0 amide bonds. The highest BCUT2D eigenvalue weighted by molar-refractivity contribution is 5.32. The molecule has 0 bridgehead atoms. The molecule has 0 aromatic heterocycles. The Morgan fingerprint density at radius 3 is 2.04 bits per heavy atom. The van der Waals surface area contributed by atoms with Gasteiger partial charge in [-0.05, 0) is 77.6 Å². The minimum Gasteiger partial charge on any atom is -0.346 e. The summed E-state index contributed by atoms with van der Waals surface area (Å²) in [7, 11) is 0. The second kappa shape index (κ2) is 8.26. The minimum atomic E-state index is 0.584. The summed E-state index contributed by atoms with van der Waals surface area (Å²) in [5.41, 5.74) is 4.41. The highest BCUT2D eigenvalue weighted by Crippen LogP contribution is 2.41. The van der Waals surface area contributed by atoms with Crippen molar-refractivity contribution < 1.29 is 0 Å². The summed E-state index contributed by atoms with van der Waals surface area (Å²) in [6.45, 7) is 20.1. The molecule has 2 fully saturated rings. The van der Waals surface area contributed by atoms with Gasteiger partial charge in [0.1, 0.15) is 0 Å². The lowest BCUT2D eigenvalue weighted by atomic mass is 9.95. The van der Waals surface area contributed by atoms with Crippen LogP contribution < -0.4 is 0 Å². The molecular formula is C22H39N3. The Bertz CT molecular complexity index is 493. The van der Waals surface area contributed by atoms with E-state index in [0.717, 1.165) is 6.04 Å². The molecule has 0 aromatic rings. The zero-order chi connectivity index (χ0) is 18.0.